The number of nitrogens with one attached hydrogen (secondary N) is 1. The van der Waals surface area contributed by atoms with Crippen molar-refractivity contribution in [3.63, 3.8) is 0 Å². The zero-order valence-electron chi connectivity index (χ0n) is 14.6. The summed E-state index contributed by atoms with van der Waals surface area (Å²) in [5.41, 5.74) is 1.92. The summed E-state index contributed by atoms with van der Waals surface area (Å²) in [4.78, 5) is 20.0. The van der Waals surface area contributed by atoms with E-state index in [2.05, 4.69) is 30.7 Å². The van der Waals surface area contributed by atoms with Crippen LogP contribution in [0.5, 0.6) is 0 Å². The van der Waals surface area contributed by atoms with Gasteiger partial charge in [-0.05, 0) is 42.7 Å². The number of hydrogen-bond donors (Lipinski definition) is 1. The standard InChI is InChI=1S/C19H26N2O2S/c1-12(2)14-9-8-13(3)10-17(14)23-18(22)11-24-19-20-15-6-4-5-7-16(15)21-19/h4-7,12-14,17H,8-11H2,1-3H3,(H,20,21)/t13-,14-,17+/m0/s1. The van der Waals surface area contributed by atoms with Gasteiger partial charge >= 0.3 is 5.97 Å². The van der Waals surface area contributed by atoms with Crippen LogP contribution in [0.2, 0.25) is 0 Å². The first kappa shape index (κ1) is 17.3. The molecule has 0 spiro atoms. The van der Waals surface area contributed by atoms with Crippen LogP contribution in [0.4, 0.5) is 0 Å². The summed E-state index contributed by atoms with van der Waals surface area (Å²) in [6.07, 6.45) is 3.46. The number of benzene rings is 1. The van der Waals surface area contributed by atoms with Gasteiger partial charge in [-0.15, -0.1) is 0 Å². The molecule has 3 atom stereocenters. The lowest BCUT2D eigenvalue weighted by atomic mass is 9.75. The predicted molar refractivity (Wildman–Crippen MR) is 98.0 cm³/mol. The Balaban J connectivity index is 1.56. The quantitative estimate of drug-likeness (QED) is 0.632. The van der Waals surface area contributed by atoms with Crippen LogP contribution in [0.15, 0.2) is 29.4 Å². The molecule has 0 unspecified atom stereocenters. The van der Waals surface area contributed by atoms with Crippen LogP contribution in [0.25, 0.3) is 11.0 Å². The number of aromatic amines is 1. The summed E-state index contributed by atoms with van der Waals surface area (Å²) in [5.74, 6) is 1.85. The Morgan fingerprint density at radius 1 is 1.38 bits per heavy atom. The summed E-state index contributed by atoms with van der Waals surface area (Å²) in [5, 5.41) is 0.769. The number of para-hydroxylation sites is 2. The molecule has 1 heterocycles. The third kappa shape index (κ3) is 4.12. The van der Waals surface area contributed by atoms with Crippen molar-refractivity contribution < 1.29 is 9.53 Å². The molecule has 1 saturated carbocycles. The van der Waals surface area contributed by atoms with Gasteiger partial charge in [-0.25, -0.2) is 4.98 Å². The number of ether oxygens (including phenoxy) is 1. The summed E-state index contributed by atoms with van der Waals surface area (Å²) < 4.78 is 5.83. The minimum atomic E-state index is -0.134. The molecule has 4 nitrogen and oxygen atoms in total. The first-order valence-corrected chi connectivity index (χ1v) is 9.78. The Morgan fingerprint density at radius 3 is 2.92 bits per heavy atom. The van der Waals surface area contributed by atoms with E-state index in [1.807, 2.05) is 24.3 Å². The minimum Gasteiger partial charge on any atom is -0.461 e. The second-order valence-electron chi connectivity index (χ2n) is 7.20. The molecule has 0 radical (unpaired) electrons. The lowest BCUT2D eigenvalue weighted by Gasteiger charge is -2.36. The molecule has 1 aromatic heterocycles. The lowest BCUT2D eigenvalue weighted by Crippen LogP contribution is -2.36. The molecule has 2 aromatic rings. The predicted octanol–water partition coefficient (Wildman–Crippen LogP) is 4.66. The zero-order valence-corrected chi connectivity index (χ0v) is 15.4. The van der Waals surface area contributed by atoms with Crippen LogP contribution < -0.4 is 0 Å². The Hall–Kier alpha value is -1.49. The topological polar surface area (TPSA) is 55.0 Å². The van der Waals surface area contributed by atoms with Gasteiger partial charge in [0, 0.05) is 0 Å². The van der Waals surface area contributed by atoms with E-state index in [9.17, 15) is 4.79 Å². The number of carbonyl (C=O) groups is 1. The largest absolute Gasteiger partial charge is 0.461 e. The third-order valence-corrected chi connectivity index (χ3v) is 5.79. The maximum absolute atomic E-state index is 12.3. The van der Waals surface area contributed by atoms with Crippen LogP contribution in [-0.4, -0.2) is 27.8 Å². The maximum atomic E-state index is 12.3. The van der Waals surface area contributed by atoms with Crippen molar-refractivity contribution in [2.45, 2.75) is 51.3 Å². The molecule has 0 saturated heterocycles. The van der Waals surface area contributed by atoms with E-state index in [1.54, 1.807) is 0 Å². The van der Waals surface area contributed by atoms with Crippen molar-refractivity contribution in [3.8, 4) is 0 Å². The fourth-order valence-corrected chi connectivity index (χ4v) is 4.25. The molecule has 1 N–H and O–H groups in total. The third-order valence-electron chi connectivity index (χ3n) is 4.94. The van der Waals surface area contributed by atoms with E-state index in [1.165, 1.54) is 18.2 Å². The molecular formula is C19H26N2O2S. The first-order chi connectivity index (χ1) is 11.5. The molecule has 1 aliphatic carbocycles. The van der Waals surface area contributed by atoms with E-state index < -0.39 is 0 Å². The highest BCUT2D eigenvalue weighted by molar-refractivity contribution is 7.99. The second kappa shape index (κ2) is 7.60. The molecule has 5 heteroatoms. The van der Waals surface area contributed by atoms with Crippen LogP contribution in [0.1, 0.15) is 40.0 Å². The normalized spacial score (nSPS) is 24.4. The van der Waals surface area contributed by atoms with E-state index >= 15 is 0 Å². The summed E-state index contributed by atoms with van der Waals surface area (Å²) >= 11 is 1.41. The number of fused-ring (bicyclic) bond motifs is 1. The van der Waals surface area contributed by atoms with Crippen LogP contribution >= 0.6 is 11.8 Å². The minimum absolute atomic E-state index is 0.0672. The molecule has 130 valence electrons. The lowest BCUT2D eigenvalue weighted by molar-refractivity contribution is -0.152. The van der Waals surface area contributed by atoms with Gasteiger partial charge in [0.1, 0.15) is 6.10 Å². The van der Waals surface area contributed by atoms with Crippen molar-refractivity contribution >= 4 is 28.8 Å². The number of hydrogen-bond acceptors (Lipinski definition) is 4. The fraction of sp³-hybridized carbons (Fsp3) is 0.579. The molecule has 0 bridgehead atoms. The van der Waals surface area contributed by atoms with Crippen LogP contribution in [0.3, 0.4) is 0 Å². The van der Waals surface area contributed by atoms with Crippen LogP contribution in [-0.2, 0) is 9.53 Å². The smallest absolute Gasteiger partial charge is 0.316 e. The highest BCUT2D eigenvalue weighted by Gasteiger charge is 2.33. The van der Waals surface area contributed by atoms with Crippen molar-refractivity contribution in [1.82, 2.24) is 9.97 Å². The molecule has 1 aliphatic rings. The first-order valence-electron chi connectivity index (χ1n) is 8.80. The van der Waals surface area contributed by atoms with E-state index in [4.69, 9.17) is 4.74 Å². The summed E-state index contributed by atoms with van der Waals surface area (Å²) in [6, 6.07) is 7.88. The molecular weight excluding hydrogens is 320 g/mol. The monoisotopic (exact) mass is 346 g/mol. The van der Waals surface area contributed by atoms with E-state index in [-0.39, 0.29) is 12.1 Å². The number of thioether (sulfide) groups is 1. The molecule has 3 rings (SSSR count). The molecule has 0 aliphatic heterocycles. The maximum Gasteiger partial charge on any atom is 0.316 e. The van der Waals surface area contributed by atoms with Gasteiger partial charge < -0.3 is 9.72 Å². The van der Waals surface area contributed by atoms with Gasteiger partial charge in [-0.3, -0.25) is 4.79 Å². The van der Waals surface area contributed by atoms with Gasteiger partial charge in [0.2, 0.25) is 0 Å². The summed E-state index contributed by atoms with van der Waals surface area (Å²) in [6.45, 7) is 6.70. The molecule has 0 amide bonds. The van der Waals surface area contributed by atoms with Crippen molar-refractivity contribution in [3.05, 3.63) is 24.3 Å². The van der Waals surface area contributed by atoms with Crippen molar-refractivity contribution in [2.24, 2.45) is 17.8 Å². The Bertz CT molecular complexity index is 664. The van der Waals surface area contributed by atoms with Crippen LogP contribution in [0, 0.1) is 17.8 Å². The highest BCUT2D eigenvalue weighted by atomic mass is 32.2. The molecule has 1 fully saturated rings. The van der Waals surface area contributed by atoms with E-state index in [0.29, 0.717) is 23.5 Å². The number of rotatable bonds is 5. The Kier molecular flexibility index (Phi) is 5.49. The number of imidazole rings is 1. The summed E-state index contributed by atoms with van der Waals surface area (Å²) in [7, 11) is 0. The highest BCUT2D eigenvalue weighted by Crippen LogP contribution is 2.35. The van der Waals surface area contributed by atoms with Crippen molar-refractivity contribution in [2.75, 3.05) is 5.75 Å². The SMILES string of the molecule is CC(C)[C@@H]1CC[C@H](C)C[C@H]1OC(=O)CSc1nc2ccccc2[nH]1. The van der Waals surface area contributed by atoms with Gasteiger partial charge in [0.15, 0.2) is 5.16 Å². The van der Waals surface area contributed by atoms with Gasteiger partial charge in [0.05, 0.1) is 16.8 Å². The van der Waals surface area contributed by atoms with Gasteiger partial charge in [0.25, 0.3) is 0 Å². The van der Waals surface area contributed by atoms with E-state index in [0.717, 1.165) is 29.0 Å². The Morgan fingerprint density at radius 2 is 2.17 bits per heavy atom. The number of esters is 1. The fourth-order valence-electron chi connectivity index (χ4n) is 3.58. The molecule has 24 heavy (non-hydrogen) atoms. The van der Waals surface area contributed by atoms with Crippen molar-refractivity contribution in [1.29, 1.82) is 0 Å². The number of aromatic nitrogens is 2. The van der Waals surface area contributed by atoms with Gasteiger partial charge in [-0.1, -0.05) is 51.1 Å². The van der Waals surface area contributed by atoms with Gasteiger partial charge in [-0.2, -0.15) is 0 Å². The molecule has 1 aromatic carbocycles. The number of carbonyl (C=O) groups excluding carboxylic acids is 1. The zero-order chi connectivity index (χ0) is 17.1. The average molecular weight is 346 g/mol. The number of H-pyrrole nitrogens is 1. The second-order valence-corrected chi connectivity index (χ2v) is 8.17. The Labute approximate surface area is 147 Å². The number of nitrogens with zero attached hydrogens (tertiary/aromatic N) is 1. The average Bonchev–Trinajstić information content (AvgIpc) is 2.95.